The van der Waals surface area contributed by atoms with Gasteiger partial charge in [0.25, 0.3) is 11.5 Å². The summed E-state index contributed by atoms with van der Waals surface area (Å²) in [4.78, 5) is 33.5. The molecule has 31 heavy (non-hydrogen) atoms. The maximum Gasteiger partial charge on any atom is 0.270 e. The Bertz CT molecular complexity index is 1310. The minimum atomic E-state index is -0.412. The van der Waals surface area contributed by atoms with E-state index in [9.17, 15) is 9.59 Å². The molecule has 0 unspecified atom stereocenters. The molecule has 1 fully saturated rings. The molecule has 0 saturated carbocycles. The normalized spacial score (nSPS) is 14.1. The molecule has 2 N–H and O–H groups in total. The first-order chi connectivity index (χ1) is 15.2. The van der Waals surface area contributed by atoms with Crippen LogP contribution < -0.4 is 16.2 Å². The molecule has 9 nitrogen and oxygen atoms in total. The lowest BCUT2D eigenvalue weighted by molar-refractivity contribution is -0.0307. The molecule has 0 atom stereocenters. The monoisotopic (exact) mass is 418 g/mol. The Morgan fingerprint density at radius 3 is 2.84 bits per heavy atom. The van der Waals surface area contributed by atoms with Crippen LogP contribution in [0.5, 0.6) is 0 Å². The summed E-state index contributed by atoms with van der Waals surface area (Å²) in [5, 5.41) is 6.24. The van der Waals surface area contributed by atoms with Gasteiger partial charge in [-0.25, -0.2) is 9.97 Å². The van der Waals surface area contributed by atoms with Crippen molar-refractivity contribution < 1.29 is 9.53 Å². The van der Waals surface area contributed by atoms with Crippen LogP contribution in [0.3, 0.4) is 0 Å². The number of hydrogen-bond donors (Lipinski definition) is 2. The van der Waals surface area contributed by atoms with Gasteiger partial charge in [-0.05, 0) is 23.8 Å². The SMILES string of the molecule is O=C(NCc1cn2cc(CNCC3COC3)ccc2n1)c1cc(=O)n2ccccc2n1. The molecule has 4 aromatic heterocycles. The van der Waals surface area contributed by atoms with Crippen LogP contribution in [0.15, 0.2) is 59.8 Å². The summed E-state index contributed by atoms with van der Waals surface area (Å²) >= 11 is 0. The van der Waals surface area contributed by atoms with E-state index in [0.717, 1.165) is 43.2 Å². The van der Waals surface area contributed by atoms with Gasteiger partial charge in [0, 0.05) is 43.7 Å². The number of hydrogen-bond acceptors (Lipinski definition) is 6. The number of aromatic nitrogens is 4. The Labute approximate surface area is 177 Å². The standard InChI is InChI=1S/C22H22N6O3/c29-21-7-18(26-20-3-1-2-6-28(20)21)22(30)24-10-17-12-27-11-15(4-5-19(27)25-17)8-23-9-16-13-31-14-16/h1-7,11-12,16,23H,8-10,13-14H2,(H,24,30). The maximum atomic E-state index is 12.5. The summed E-state index contributed by atoms with van der Waals surface area (Å²) < 4.78 is 8.53. The molecule has 1 aliphatic heterocycles. The first kappa shape index (κ1) is 19.4. The molecule has 5 rings (SSSR count). The lowest BCUT2D eigenvalue weighted by Crippen LogP contribution is -2.36. The van der Waals surface area contributed by atoms with Crippen molar-refractivity contribution in [3.63, 3.8) is 0 Å². The fourth-order valence-corrected chi connectivity index (χ4v) is 3.53. The third-order valence-corrected chi connectivity index (χ3v) is 5.27. The van der Waals surface area contributed by atoms with Gasteiger partial charge in [0.2, 0.25) is 0 Å². The lowest BCUT2D eigenvalue weighted by Gasteiger charge is -2.26. The molecule has 158 valence electrons. The molecule has 9 heteroatoms. The van der Waals surface area contributed by atoms with Crippen LogP contribution in [0.4, 0.5) is 0 Å². The number of ether oxygens (including phenoxy) is 1. The molecule has 0 radical (unpaired) electrons. The highest BCUT2D eigenvalue weighted by molar-refractivity contribution is 5.92. The third-order valence-electron chi connectivity index (χ3n) is 5.27. The summed E-state index contributed by atoms with van der Waals surface area (Å²) in [5.41, 5.74) is 2.91. The molecule has 4 aromatic rings. The summed E-state index contributed by atoms with van der Waals surface area (Å²) in [6.07, 6.45) is 5.54. The van der Waals surface area contributed by atoms with Crippen molar-refractivity contribution in [2.75, 3.05) is 19.8 Å². The van der Waals surface area contributed by atoms with Gasteiger partial charge in [0.15, 0.2) is 0 Å². The van der Waals surface area contributed by atoms with Crippen molar-refractivity contribution in [3.05, 3.63) is 82.3 Å². The van der Waals surface area contributed by atoms with Crippen LogP contribution in [0.2, 0.25) is 0 Å². The van der Waals surface area contributed by atoms with Crippen LogP contribution >= 0.6 is 0 Å². The van der Waals surface area contributed by atoms with Gasteiger partial charge < -0.3 is 19.8 Å². The summed E-state index contributed by atoms with van der Waals surface area (Å²) in [6, 6.07) is 10.4. The zero-order chi connectivity index (χ0) is 21.2. The molecule has 0 spiro atoms. The highest BCUT2D eigenvalue weighted by atomic mass is 16.5. The van der Waals surface area contributed by atoms with E-state index in [0.29, 0.717) is 11.6 Å². The van der Waals surface area contributed by atoms with Crippen LogP contribution in [-0.2, 0) is 17.8 Å². The van der Waals surface area contributed by atoms with Crippen molar-refractivity contribution in [2.24, 2.45) is 5.92 Å². The number of carbonyl (C=O) groups is 1. The number of fused-ring (bicyclic) bond motifs is 2. The minimum absolute atomic E-state index is 0.0881. The summed E-state index contributed by atoms with van der Waals surface area (Å²) in [6.45, 7) is 3.65. The number of pyridine rings is 2. The number of amides is 1. The average molecular weight is 418 g/mol. The molecule has 0 aromatic carbocycles. The molecule has 1 aliphatic rings. The van der Waals surface area contributed by atoms with Crippen molar-refractivity contribution in [1.82, 2.24) is 29.4 Å². The van der Waals surface area contributed by atoms with Crippen molar-refractivity contribution in [2.45, 2.75) is 13.1 Å². The van der Waals surface area contributed by atoms with Crippen LogP contribution in [0, 0.1) is 5.92 Å². The van der Waals surface area contributed by atoms with E-state index in [1.807, 2.05) is 28.9 Å². The molecular formula is C22H22N6O3. The smallest absolute Gasteiger partial charge is 0.270 e. The minimum Gasteiger partial charge on any atom is -0.381 e. The quantitative estimate of drug-likeness (QED) is 0.464. The maximum absolute atomic E-state index is 12.5. The second kappa shape index (κ2) is 8.29. The van der Waals surface area contributed by atoms with E-state index >= 15 is 0 Å². The predicted molar refractivity (Wildman–Crippen MR) is 114 cm³/mol. The van der Waals surface area contributed by atoms with Crippen LogP contribution in [0.1, 0.15) is 21.7 Å². The Kier molecular flexibility index (Phi) is 5.19. The highest BCUT2D eigenvalue weighted by Gasteiger charge is 2.17. The lowest BCUT2D eigenvalue weighted by atomic mass is 10.1. The van der Waals surface area contributed by atoms with Crippen molar-refractivity contribution >= 4 is 17.2 Å². The second-order valence-corrected chi connectivity index (χ2v) is 7.66. The van der Waals surface area contributed by atoms with E-state index in [2.05, 4.69) is 20.6 Å². The average Bonchev–Trinajstić information content (AvgIpc) is 3.16. The fourth-order valence-electron chi connectivity index (χ4n) is 3.53. The van der Waals surface area contributed by atoms with Gasteiger partial charge in [-0.2, -0.15) is 0 Å². The molecule has 0 bridgehead atoms. The van der Waals surface area contributed by atoms with Crippen LogP contribution in [0.25, 0.3) is 11.3 Å². The number of nitrogens with zero attached hydrogens (tertiary/aromatic N) is 4. The van der Waals surface area contributed by atoms with Crippen molar-refractivity contribution in [3.8, 4) is 0 Å². The number of carbonyl (C=O) groups excluding carboxylic acids is 1. The van der Waals surface area contributed by atoms with E-state index in [-0.39, 0.29) is 17.8 Å². The number of imidazole rings is 1. The zero-order valence-corrected chi connectivity index (χ0v) is 16.8. The van der Waals surface area contributed by atoms with E-state index in [1.54, 1.807) is 24.4 Å². The largest absolute Gasteiger partial charge is 0.381 e. The van der Waals surface area contributed by atoms with Gasteiger partial charge in [0.05, 0.1) is 25.5 Å². The van der Waals surface area contributed by atoms with Gasteiger partial charge in [-0.3, -0.25) is 14.0 Å². The first-order valence-corrected chi connectivity index (χ1v) is 10.2. The Hall–Kier alpha value is -3.56. The van der Waals surface area contributed by atoms with Crippen LogP contribution in [-0.4, -0.2) is 44.4 Å². The van der Waals surface area contributed by atoms with E-state index < -0.39 is 5.91 Å². The number of nitrogens with one attached hydrogen (secondary N) is 2. The van der Waals surface area contributed by atoms with Gasteiger partial charge in [-0.15, -0.1) is 0 Å². The van der Waals surface area contributed by atoms with Gasteiger partial charge in [-0.1, -0.05) is 12.1 Å². The van der Waals surface area contributed by atoms with E-state index in [1.165, 1.54) is 10.5 Å². The summed E-state index contributed by atoms with van der Waals surface area (Å²) in [7, 11) is 0. The molecule has 1 amide bonds. The zero-order valence-electron chi connectivity index (χ0n) is 16.8. The Balaban J connectivity index is 1.24. The Morgan fingerprint density at radius 2 is 2.00 bits per heavy atom. The first-order valence-electron chi connectivity index (χ1n) is 10.2. The number of rotatable bonds is 7. The Morgan fingerprint density at radius 1 is 1.10 bits per heavy atom. The molecule has 1 saturated heterocycles. The molecule has 0 aliphatic carbocycles. The highest BCUT2D eigenvalue weighted by Crippen LogP contribution is 2.10. The van der Waals surface area contributed by atoms with Gasteiger partial charge >= 0.3 is 0 Å². The van der Waals surface area contributed by atoms with Crippen molar-refractivity contribution in [1.29, 1.82) is 0 Å². The topological polar surface area (TPSA) is 102 Å². The third kappa shape index (κ3) is 4.18. The van der Waals surface area contributed by atoms with Gasteiger partial charge in [0.1, 0.15) is 17.0 Å². The van der Waals surface area contributed by atoms with E-state index in [4.69, 9.17) is 4.74 Å². The second-order valence-electron chi connectivity index (χ2n) is 7.66. The predicted octanol–water partition coefficient (Wildman–Crippen LogP) is 1.01. The fraction of sp³-hybridized carbons (Fsp3) is 0.273. The molecular weight excluding hydrogens is 396 g/mol. The molecule has 5 heterocycles. The summed E-state index contributed by atoms with van der Waals surface area (Å²) in [5.74, 6) is 0.200.